The van der Waals surface area contributed by atoms with Gasteiger partial charge in [-0.25, -0.2) is 23.7 Å². The Kier molecular flexibility index (Phi) is 10.2. The fourth-order valence-corrected chi connectivity index (χ4v) is 7.59. The van der Waals surface area contributed by atoms with E-state index >= 15 is 0 Å². The van der Waals surface area contributed by atoms with E-state index < -0.39 is 23.2 Å². The number of para-hydroxylation sites is 1. The van der Waals surface area contributed by atoms with Gasteiger partial charge in [0, 0.05) is 48.3 Å². The first kappa shape index (κ1) is 35.2. The van der Waals surface area contributed by atoms with Crippen LogP contribution in [0.5, 0.6) is 5.75 Å². The van der Waals surface area contributed by atoms with E-state index in [1.54, 1.807) is 24.4 Å². The van der Waals surface area contributed by atoms with Crippen molar-refractivity contribution in [3.05, 3.63) is 115 Å². The molecule has 0 bridgehead atoms. The van der Waals surface area contributed by atoms with E-state index in [0.717, 1.165) is 49.4 Å². The van der Waals surface area contributed by atoms with Gasteiger partial charge >= 0.3 is 0 Å². The number of imidazole rings is 1. The van der Waals surface area contributed by atoms with Gasteiger partial charge in [0.2, 0.25) is 5.95 Å². The number of amides is 1. The number of nitrogens with one attached hydrogen (secondary N) is 2. The average molecular weight is 729 g/mol. The second kappa shape index (κ2) is 15.6. The number of fused-ring (bicyclic) bond motifs is 1. The number of halogens is 2. The van der Waals surface area contributed by atoms with E-state index in [4.69, 9.17) is 14.7 Å². The summed E-state index contributed by atoms with van der Waals surface area (Å²) in [5.74, 6) is -1.28. The van der Waals surface area contributed by atoms with Crippen LogP contribution < -0.4 is 20.3 Å². The predicted octanol–water partition coefficient (Wildman–Crippen LogP) is 8.59. The number of hydrogen-bond donors (Lipinski definition) is 2. The van der Waals surface area contributed by atoms with Gasteiger partial charge < -0.3 is 25.2 Å². The van der Waals surface area contributed by atoms with Crippen LogP contribution in [0.15, 0.2) is 97.3 Å². The van der Waals surface area contributed by atoms with Gasteiger partial charge in [-0.1, -0.05) is 30.7 Å². The number of carbonyl (C=O) groups excluding carboxylic acids is 1. The van der Waals surface area contributed by atoms with Crippen molar-refractivity contribution >= 4 is 34.6 Å². The minimum absolute atomic E-state index is 0.210. The Balaban J connectivity index is 1.08. The minimum Gasteiger partial charge on any atom is -0.492 e. The molecule has 2 saturated heterocycles. The number of carbonyl (C=O) groups is 1. The molecule has 54 heavy (non-hydrogen) atoms. The van der Waals surface area contributed by atoms with Crippen molar-refractivity contribution in [2.24, 2.45) is 0 Å². The number of ether oxygens (including phenoxy) is 1. The van der Waals surface area contributed by atoms with Crippen LogP contribution >= 0.6 is 0 Å². The van der Waals surface area contributed by atoms with Crippen LogP contribution in [0.3, 0.4) is 0 Å². The topological polar surface area (TPSA) is 99.9 Å². The Morgan fingerprint density at radius 1 is 0.870 bits per heavy atom. The Morgan fingerprint density at radius 3 is 2.46 bits per heavy atom. The summed E-state index contributed by atoms with van der Waals surface area (Å²) in [7, 11) is 0. The Labute approximate surface area is 312 Å². The molecule has 276 valence electrons. The molecule has 2 fully saturated rings. The van der Waals surface area contributed by atoms with Crippen LogP contribution in [0.1, 0.15) is 49.4 Å². The van der Waals surface area contributed by atoms with E-state index in [0.29, 0.717) is 52.6 Å². The largest absolute Gasteiger partial charge is 0.492 e. The fraction of sp³-hybridized carbons (Fsp3) is 0.286. The Morgan fingerprint density at radius 2 is 1.67 bits per heavy atom. The molecule has 2 N–H and O–H groups in total. The third-order valence-electron chi connectivity index (χ3n) is 10.3. The fourth-order valence-electron chi connectivity index (χ4n) is 7.59. The number of benzene rings is 3. The van der Waals surface area contributed by atoms with Gasteiger partial charge in [0.25, 0.3) is 5.91 Å². The SMILES string of the molecule is CCOc1ccc(N2CCC(N3CCCCC3)CC2)cc1Nc1nccc(-c2c(-c3cccc(C(=O)Nc4c(F)cccc4F)c3)nc3ccccn23)n1. The van der Waals surface area contributed by atoms with Crippen LogP contribution in [0.2, 0.25) is 0 Å². The number of nitrogens with zero attached hydrogens (tertiary/aromatic N) is 6. The van der Waals surface area contributed by atoms with E-state index in [1.807, 2.05) is 53.9 Å². The molecule has 0 aliphatic carbocycles. The lowest BCUT2D eigenvalue weighted by molar-refractivity contribution is 0.102. The normalized spacial score (nSPS) is 15.4. The number of hydrogen-bond acceptors (Lipinski definition) is 8. The molecule has 1 amide bonds. The summed E-state index contributed by atoms with van der Waals surface area (Å²) >= 11 is 0. The number of piperidine rings is 2. The van der Waals surface area contributed by atoms with Gasteiger partial charge in [-0.2, -0.15) is 0 Å². The lowest BCUT2D eigenvalue weighted by atomic mass is 9.99. The molecule has 0 atom stereocenters. The second-order valence-corrected chi connectivity index (χ2v) is 13.7. The molecule has 5 heterocycles. The van der Waals surface area contributed by atoms with Gasteiger partial charge in [-0.05, 0) is 106 Å². The third kappa shape index (κ3) is 7.34. The third-order valence-corrected chi connectivity index (χ3v) is 10.3. The van der Waals surface area contributed by atoms with Gasteiger partial charge in [0.15, 0.2) is 0 Å². The summed E-state index contributed by atoms with van der Waals surface area (Å²) in [5, 5.41) is 5.81. The maximum Gasteiger partial charge on any atom is 0.255 e. The van der Waals surface area contributed by atoms with Gasteiger partial charge in [0.05, 0.1) is 29.4 Å². The lowest BCUT2D eigenvalue weighted by Gasteiger charge is -2.41. The van der Waals surface area contributed by atoms with E-state index in [1.165, 1.54) is 38.4 Å². The molecule has 10 nitrogen and oxygen atoms in total. The maximum absolute atomic E-state index is 14.3. The summed E-state index contributed by atoms with van der Waals surface area (Å²) in [6.07, 6.45) is 9.87. The quantitative estimate of drug-likeness (QED) is 0.145. The standard InChI is InChI=1S/C42H42F2N8O2/c1-2-54-36-16-15-31(51-24-18-30(19-25-51)50-21-5-3-6-22-50)27-35(36)47-42-45-20-17-34(46-42)40-38(48-37-14-4-7-23-52(37)40)28-10-8-11-29(26-28)41(53)49-39-32(43)12-9-13-33(39)44/h4,7-17,20,23,26-27,30H,2-3,5-6,18-19,21-22,24-25H2,1H3,(H,49,53)(H,45,46,47). The minimum atomic E-state index is -0.858. The number of pyridine rings is 1. The van der Waals surface area contributed by atoms with Crippen LogP contribution in [0.4, 0.5) is 31.8 Å². The number of aromatic nitrogens is 4. The first-order valence-electron chi connectivity index (χ1n) is 18.6. The van der Waals surface area contributed by atoms with Crippen LogP contribution in [-0.4, -0.2) is 69.0 Å². The number of likely N-dealkylation sites (tertiary alicyclic amines) is 1. The van der Waals surface area contributed by atoms with Crippen molar-refractivity contribution in [2.75, 3.05) is 48.3 Å². The van der Waals surface area contributed by atoms with Crippen molar-refractivity contribution in [3.8, 4) is 28.4 Å². The molecule has 0 radical (unpaired) electrons. The molecule has 2 aliphatic rings. The number of anilines is 4. The highest BCUT2D eigenvalue weighted by atomic mass is 19.1. The molecule has 6 aromatic rings. The lowest BCUT2D eigenvalue weighted by Crippen LogP contribution is -2.46. The monoisotopic (exact) mass is 728 g/mol. The molecule has 3 aromatic carbocycles. The summed E-state index contributed by atoms with van der Waals surface area (Å²) in [5.41, 5.74) is 4.76. The van der Waals surface area contributed by atoms with Crippen molar-refractivity contribution in [1.29, 1.82) is 0 Å². The summed E-state index contributed by atoms with van der Waals surface area (Å²) < 4.78 is 36.7. The molecule has 0 spiro atoms. The number of rotatable bonds is 10. The molecule has 0 saturated carbocycles. The smallest absolute Gasteiger partial charge is 0.255 e. The van der Waals surface area contributed by atoms with E-state index in [9.17, 15) is 13.6 Å². The van der Waals surface area contributed by atoms with E-state index in [2.05, 4.69) is 37.6 Å². The Bertz CT molecular complexity index is 2260. The predicted molar refractivity (Wildman–Crippen MR) is 208 cm³/mol. The van der Waals surface area contributed by atoms with E-state index in [-0.39, 0.29) is 5.56 Å². The molecule has 8 rings (SSSR count). The summed E-state index contributed by atoms with van der Waals surface area (Å²) in [6.45, 7) is 6.92. The van der Waals surface area contributed by atoms with Crippen LogP contribution in [0.25, 0.3) is 28.3 Å². The zero-order valence-electron chi connectivity index (χ0n) is 30.1. The molecule has 2 aliphatic heterocycles. The zero-order chi connectivity index (χ0) is 37.0. The molecular weight excluding hydrogens is 687 g/mol. The Hall–Kier alpha value is -5.88. The molecular formula is C42H42F2N8O2. The van der Waals surface area contributed by atoms with Crippen molar-refractivity contribution in [2.45, 2.75) is 45.1 Å². The first-order valence-corrected chi connectivity index (χ1v) is 18.6. The molecule has 3 aromatic heterocycles. The highest BCUT2D eigenvalue weighted by Gasteiger charge is 2.26. The van der Waals surface area contributed by atoms with Crippen LogP contribution in [0, 0.1) is 11.6 Å². The zero-order valence-corrected chi connectivity index (χ0v) is 30.1. The van der Waals surface area contributed by atoms with Gasteiger partial charge in [0.1, 0.15) is 28.7 Å². The maximum atomic E-state index is 14.3. The molecule has 0 unspecified atom stereocenters. The molecule has 12 heteroatoms. The van der Waals surface area contributed by atoms with Crippen molar-refractivity contribution in [3.63, 3.8) is 0 Å². The second-order valence-electron chi connectivity index (χ2n) is 13.7. The first-order chi connectivity index (χ1) is 26.4. The highest BCUT2D eigenvalue weighted by molar-refractivity contribution is 6.05. The summed E-state index contributed by atoms with van der Waals surface area (Å²) in [4.78, 5) is 32.8. The van der Waals surface area contributed by atoms with Gasteiger partial charge in [-0.3, -0.25) is 9.20 Å². The highest BCUT2D eigenvalue weighted by Crippen LogP contribution is 2.36. The van der Waals surface area contributed by atoms with Crippen molar-refractivity contribution < 1.29 is 18.3 Å². The average Bonchev–Trinajstić information content (AvgIpc) is 3.60. The van der Waals surface area contributed by atoms with Gasteiger partial charge in [-0.15, -0.1) is 0 Å². The van der Waals surface area contributed by atoms with Crippen molar-refractivity contribution in [1.82, 2.24) is 24.3 Å². The summed E-state index contributed by atoms with van der Waals surface area (Å²) in [6, 6.07) is 24.6. The van der Waals surface area contributed by atoms with Crippen LogP contribution in [-0.2, 0) is 0 Å².